The Morgan fingerprint density at radius 3 is 2.30 bits per heavy atom. The van der Waals surface area contributed by atoms with Crippen molar-refractivity contribution in [2.75, 3.05) is 49.1 Å². The van der Waals surface area contributed by atoms with Crippen LogP contribution in [0.15, 0.2) is 30.6 Å². The van der Waals surface area contributed by atoms with E-state index in [9.17, 15) is 14.4 Å². The Kier molecular flexibility index (Phi) is 5.47. The summed E-state index contributed by atoms with van der Waals surface area (Å²) in [6.07, 6.45) is 6.06. The van der Waals surface area contributed by atoms with Gasteiger partial charge in [0.05, 0.1) is 11.9 Å². The molecule has 3 fully saturated rings. The minimum absolute atomic E-state index is 0.118. The molecule has 0 spiro atoms. The molecule has 0 atom stereocenters. The van der Waals surface area contributed by atoms with Crippen molar-refractivity contribution in [1.29, 1.82) is 0 Å². The van der Waals surface area contributed by atoms with E-state index < -0.39 is 0 Å². The van der Waals surface area contributed by atoms with Gasteiger partial charge in [-0.25, -0.2) is 14.8 Å². The van der Waals surface area contributed by atoms with E-state index in [0.717, 1.165) is 18.9 Å². The van der Waals surface area contributed by atoms with Gasteiger partial charge in [0, 0.05) is 52.4 Å². The van der Waals surface area contributed by atoms with Gasteiger partial charge in [0.2, 0.25) is 5.91 Å². The van der Waals surface area contributed by atoms with E-state index >= 15 is 0 Å². The lowest BCUT2D eigenvalue weighted by Crippen LogP contribution is -2.49. The van der Waals surface area contributed by atoms with Gasteiger partial charge in [-0.15, -0.1) is 0 Å². The summed E-state index contributed by atoms with van der Waals surface area (Å²) in [6, 6.07) is 5.26. The van der Waals surface area contributed by atoms with Gasteiger partial charge in [-0.3, -0.25) is 19.4 Å². The van der Waals surface area contributed by atoms with Crippen LogP contribution in [0.2, 0.25) is 0 Å². The smallest absolute Gasteiger partial charge is 0.331 e. The van der Waals surface area contributed by atoms with Crippen LogP contribution in [-0.2, 0) is 4.79 Å². The summed E-state index contributed by atoms with van der Waals surface area (Å²) in [5, 5.41) is 0. The second kappa shape index (κ2) is 8.46. The molecule has 1 saturated carbocycles. The first-order valence-electron chi connectivity index (χ1n) is 11.5. The van der Waals surface area contributed by atoms with Crippen LogP contribution >= 0.6 is 0 Å². The van der Waals surface area contributed by atoms with E-state index in [1.807, 2.05) is 11.1 Å². The molecule has 0 bridgehead atoms. The molecule has 172 valence electrons. The lowest BCUT2D eigenvalue weighted by Gasteiger charge is -2.36. The number of urea groups is 1. The number of carbonyl (C=O) groups excluding carboxylic acids is 3. The quantitative estimate of drug-likeness (QED) is 0.714. The summed E-state index contributed by atoms with van der Waals surface area (Å²) in [5.74, 6) is 1.30. The number of carbonyl (C=O) groups is 3. The van der Waals surface area contributed by atoms with Gasteiger partial charge in [-0.2, -0.15) is 0 Å². The number of hydrogen-bond donors (Lipinski definition) is 0. The zero-order valence-corrected chi connectivity index (χ0v) is 19.0. The molecule has 4 amide bonds. The maximum Gasteiger partial charge on any atom is 0.331 e. The summed E-state index contributed by atoms with van der Waals surface area (Å²) in [5.41, 5.74) is 3.46. The number of pyridine rings is 2. The van der Waals surface area contributed by atoms with Crippen molar-refractivity contribution in [3.05, 3.63) is 47.4 Å². The van der Waals surface area contributed by atoms with Crippen molar-refractivity contribution in [2.45, 2.75) is 32.6 Å². The standard InChI is InChI=1S/C24H28N6O3/c1-16-13-19(18-3-4-18)14-26-22(16)27-7-9-28(10-8-27)23(32)21-6-5-20(15-25-21)30-12-11-29(17(2)31)24(30)33/h5-6,13-15,18H,3-4,7-12H2,1-2H3. The van der Waals surface area contributed by atoms with Crippen LogP contribution in [0.3, 0.4) is 0 Å². The van der Waals surface area contributed by atoms with Gasteiger partial charge >= 0.3 is 6.03 Å². The van der Waals surface area contributed by atoms with Crippen LogP contribution < -0.4 is 9.80 Å². The first kappa shape index (κ1) is 21.4. The predicted molar refractivity (Wildman–Crippen MR) is 123 cm³/mol. The number of aryl methyl sites for hydroxylation is 1. The predicted octanol–water partition coefficient (Wildman–Crippen LogP) is 2.41. The number of hydrogen-bond acceptors (Lipinski definition) is 6. The molecule has 5 rings (SSSR count). The average Bonchev–Trinajstić information content (AvgIpc) is 3.60. The lowest BCUT2D eigenvalue weighted by atomic mass is 10.1. The van der Waals surface area contributed by atoms with E-state index in [2.05, 4.69) is 22.9 Å². The zero-order chi connectivity index (χ0) is 23.1. The summed E-state index contributed by atoms with van der Waals surface area (Å²) < 4.78 is 0. The van der Waals surface area contributed by atoms with Crippen molar-refractivity contribution >= 4 is 29.4 Å². The van der Waals surface area contributed by atoms with Crippen LogP contribution in [0.25, 0.3) is 0 Å². The molecule has 4 heterocycles. The number of rotatable bonds is 4. The minimum atomic E-state index is -0.353. The minimum Gasteiger partial charge on any atom is -0.353 e. The van der Waals surface area contributed by atoms with Crippen molar-refractivity contribution in [1.82, 2.24) is 19.8 Å². The molecular formula is C24H28N6O3. The number of anilines is 2. The van der Waals surface area contributed by atoms with Gasteiger partial charge < -0.3 is 9.80 Å². The third-order valence-corrected chi connectivity index (χ3v) is 6.65. The van der Waals surface area contributed by atoms with Gasteiger partial charge in [0.15, 0.2) is 0 Å². The van der Waals surface area contributed by atoms with Crippen LogP contribution in [0.5, 0.6) is 0 Å². The Hall–Kier alpha value is -3.49. The van der Waals surface area contributed by atoms with Crippen molar-refractivity contribution < 1.29 is 14.4 Å². The van der Waals surface area contributed by atoms with Crippen molar-refractivity contribution in [2.24, 2.45) is 0 Å². The fourth-order valence-electron chi connectivity index (χ4n) is 4.58. The van der Waals surface area contributed by atoms with Crippen molar-refractivity contribution in [3.8, 4) is 0 Å². The number of aromatic nitrogens is 2. The van der Waals surface area contributed by atoms with E-state index in [4.69, 9.17) is 4.98 Å². The van der Waals surface area contributed by atoms with E-state index in [1.165, 1.54) is 46.9 Å². The maximum atomic E-state index is 13.0. The molecule has 33 heavy (non-hydrogen) atoms. The molecule has 2 aromatic heterocycles. The Bertz CT molecular complexity index is 1090. The number of amides is 4. The Labute approximate surface area is 193 Å². The molecular weight excluding hydrogens is 420 g/mol. The van der Waals surface area contributed by atoms with E-state index in [-0.39, 0.29) is 17.8 Å². The van der Waals surface area contributed by atoms with Gasteiger partial charge in [0.1, 0.15) is 11.5 Å². The normalized spacial score (nSPS) is 18.8. The fraction of sp³-hybridized carbons (Fsp3) is 0.458. The fourth-order valence-corrected chi connectivity index (χ4v) is 4.58. The number of piperazine rings is 1. The topological polar surface area (TPSA) is 90.0 Å². The average molecular weight is 449 g/mol. The van der Waals surface area contributed by atoms with Crippen LogP contribution in [0.1, 0.15) is 47.3 Å². The Morgan fingerprint density at radius 1 is 0.970 bits per heavy atom. The molecule has 9 nitrogen and oxygen atoms in total. The lowest BCUT2D eigenvalue weighted by molar-refractivity contribution is -0.125. The highest BCUT2D eigenvalue weighted by Crippen LogP contribution is 2.40. The van der Waals surface area contributed by atoms with Crippen LogP contribution in [0, 0.1) is 6.92 Å². The summed E-state index contributed by atoms with van der Waals surface area (Å²) >= 11 is 0. The first-order valence-corrected chi connectivity index (χ1v) is 11.5. The molecule has 3 aliphatic rings. The molecule has 0 aromatic carbocycles. The highest BCUT2D eigenvalue weighted by atomic mass is 16.2. The second-order valence-corrected chi connectivity index (χ2v) is 8.97. The largest absolute Gasteiger partial charge is 0.353 e. The van der Waals surface area contributed by atoms with Crippen LogP contribution in [0.4, 0.5) is 16.3 Å². The number of nitrogens with zero attached hydrogens (tertiary/aromatic N) is 6. The summed E-state index contributed by atoms with van der Waals surface area (Å²) in [7, 11) is 0. The number of imide groups is 1. The zero-order valence-electron chi connectivity index (χ0n) is 19.0. The van der Waals surface area contributed by atoms with Gasteiger partial charge in [-0.1, -0.05) is 6.07 Å². The van der Waals surface area contributed by atoms with E-state index in [0.29, 0.717) is 43.5 Å². The third kappa shape index (κ3) is 4.15. The maximum absolute atomic E-state index is 13.0. The molecule has 0 radical (unpaired) electrons. The Morgan fingerprint density at radius 2 is 1.73 bits per heavy atom. The van der Waals surface area contributed by atoms with Gasteiger partial charge in [0.25, 0.3) is 5.91 Å². The molecule has 0 unspecified atom stereocenters. The molecule has 2 aromatic rings. The summed E-state index contributed by atoms with van der Waals surface area (Å²) in [6.45, 7) is 6.92. The summed E-state index contributed by atoms with van der Waals surface area (Å²) in [4.78, 5) is 52.6. The molecule has 2 aliphatic heterocycles. The first-order chi connectivity index (χ1) is 15.9. The SMILES string of the molecule is CC(=O)N1CCN(c2ccc(C(=O)N3CCN(c4ncc(C5CC5)cc4C)CC3)nc2)C1=O. The monoisotopic (exact) mass is 448 g/mol. The van der Waals surface area contributed by atoms with Crippen LogP contribution in [-0.4, -0.2) is 76.9 Å². The second-order valence-electron chi connectivity index (χ2n) is 8.97. The highest BCUT2D eigenvalue weighted by Gasteiger charge is 2.32. The molecule has 1 aliphatic carbocycles. The Balaban J connectivity index is 1.20. The van der Waals surface area contributed by atoms with Gasteiger partial charge in [-0.05, 0) is 48.9 Å². The third-order valence-electron chi connectivity index (χ3n) is 6.65. The van der Waals surface area contributed by atoms with E-state index in [1.54, 1.807) is 12.1 Å². The molecule has 0 N–H and O–H groups in total. The highest BCUT2D eigenvalue weighted by molar-refractivity contribution is 6.04. The molecule has 2 saturated heterocycles. The molecule has 9 heteroatoms. The van der Waals surface area contributed by atoms with Crippen molar-refractivity contribution in [3.63, 3.8) is 0 Å².